The van der Waals surface area contributed by atoms with Crippen molar-refractivity contribution in [1.29, 1.82) is 0 Å². The van der Waals surface area contributed by atoms with Crippen LogP contribution in [0.15, 0.2) is 36.9 Å². The zero-order chi connectivity index (χ0) is 25.4. The molecule has 3 aromatic heterocycles. The molecule has 8 nitrogen and oxygen atoms in total. The van der Waals surface area contributed by atoms with Gasteiger partial charge in [0.15, 0.2) is 0 Å². The second kappa shape index (κ2) is 9.29. The highest BCUT2D eigenvalue weighted by atomic mass is 19.4. The molecule has 5 N–H and O–H groups in total. The van der Waals surface area contributed by atoms with Gasteiger partial charge in [-0.1, -0.05) is 13.8 Å². The van der Waals surface area contributed by atoms with Gasteiger partial charge < -0.3 is 21.4 Å². The van der Waals surface area contributed by atoms with E-state index in [0.717, 1.165) is 29.4 Å². The highest BCUT2D eigenvalue weighted by Crippen LogP contribution is 2.33. The van der Waals surface area contributed by atoms with Crippen LogP contribution in [0.3, 0.4) is 0 Å². The van der Waals surface area contributed by atoms with E-state index in [1.165, 1.54) is 6.20 Å². The zero-order valence-corrected chi connectivity index (χ0v) is 19.4. The lowest BCUT2D eigenvalue weighted by Crippen LogP contribution is -2.56. The summed E-state index contributed by atoms with van der Waals surface area (Å²) in [7, 11) is 0. The molecule has 3 heterocycles. The van der Waals surface area contributed by atoms with Gasteiger partial charge in [0.25, 0.3) is 0 Å². The Balaban J connectivity index is 1.64. The first-order valence-corrected chi connectivity index (χ1v) is 11.3. The molecule has 0 spiro atoms. The molecule has 1 aliphatic carbocycles. The molecule has 0 radical (unpaired) electrons. The van der Waals surface area contributed by atoms with E-state index in [1.807, 2.05) is 11.4 Å². The van der Waals surface area contributed by atoms with E-state index in [0.29, 0.717) is 23.3 Å². The third-order valence-corrected chi connectivity index (χ3v) is 6.27. The first kappa shape index (κ1) is 24.6. The van der Waals surface area contributed by atoms with Crippen molar-refractivity contribution in [1.82, 2.24) is 25.6 Å². The Labute approximate surface area is 199 Å². The number of rotatable bonds is 8. The minimum atomic E-state index is -4.56. The molecular formula is C24H27F3N6O2. The molecule has 0 aliphatic heterocycles. The van der Waals surface area contributed by atoms with E-state index < -0.39 is 30.1 Å². The number of pyridine rings is 2. The van der Waals surface area contributed by atoms with Gasteiger partial charge in [0.05, 0.1) is 0 Å². The zero-order valence-electron chi connectivity index (χ0n) is 19.4. The first-order valence-electron chi connectivity index (χ1n) is 11.3. The minimum Gasteiger partial charge on any atom is -0.352 e. The van der Waals surface area contributed by atoms with E-state index in [9.17, 15) is 22.8 Å². The Morgan fingerprint density at radius 2 is 1.91 bits per heavy atom. The Bertz CT molecular complexity index is 1250. The number of fused-ring (bicyclic) bond motifs is 1. The average molecular weight is 489 g/mol. The number of alkyl halides is 3. The van der Waals surface area contributed by atoms with Crippen molar-refractivity contribution in [3.63, 3.8) is 0 Å². The van der Waals surface area contributed by atoms with Gasteiger partial charge in [0.2, 0.25) is 11.8 Å². The number of hydrogen-bond donors (Lipinski definition) is 4. The van der Waals surface area contributed by atoms with Gasteiger partial charge in [-0.15, -0.1) is 0 Å². The summed E-state index contributed by atoms with van der Waals surface area (Å²) in [5.74, 6) is -1.31. The second-order valence-corrected chi connectivity index (χ2v) is 9.22. The van der Waals surface area contributed by atoms with Gasteiger partial charge in [-0.2, -0.15) is 13.2 Å². The fourth-order valence-corrected chi connectivity index (χ4v) is 3.93. The van der Waals surface area contributed by atoms with E-state index in [1.54, 1.807) is 38.5 Å². The number of nitrogens with two attached hydrogens (primary N) is 1. The van der Waals surface area contributed by atoms with Crippen LogP contribution in [0.5, 0.6) is 0 Å². The van der Waals surface area contributed by atoms with Gasteiger partial charge >= 0.3 is 6.18 Å². The quantitative estimate of drug-likeness (QED) is 0.388. The summed E-state index contributed by atoms with van der Waals surface area (Å²) in [5, 5.41) is 5.59. The maximum Gasteiger partial charge on any atom is 0.405 e. The normalized spacial score (nSPS) is 15.7. The van der Waals surface area contributed by atoms with Crippen LogP contribution < -0.4 is 16.4 Å². The molecular weight excluding hydrogens is 461 g/mol. The van der Waals surface area contributed by atoms with Crippen molar-refractivity contribution in [2.45, 2.75) is 44.9 Å². The molecule has 3 aromatic rings. The number of halogens is 3. The molecule has 0 saturated heterocycles. The second-order valence-electron chi connectivity index (χ2n) is 9.22. The summed E-state index contributed by atoms with van der Waals surface area (Å²) in [4.78, 5) is 36.5. The molecule has 1 atom stereocenters. The molecule has 1 unspecified atom stereocenters. The number of amides is 2. The van der Waals surface area contributed by atoms with Crippen LogP contribution in [0.1, 0.15) is 37.8 Å². The number of carbonyl (C=O) groups is 2. The molecule has 2 amide bonds. The SMILES string of the molecule is CC(C)C(N)(C(=O)NCC(F)(F)F)c1cncc(-c2c[nH]c3ncc(CNC(=O)C4CC4)cc23)c1. The third-order valence-electron chi connectivity index (χ3n) is 6.27. The molecule has 186 valence electrons. The highest BCUT2D eigenvalue weighted by Gasteiger charge is 2.41. The van der Waals surface area contributed by atoms with Crippen molar-refractivity contribution in [2.24, 2.45) is 17.6 Å². The topological polar surface area (TPSA) is 126 Å². The largest absolute Gasteiger partial charge is 0.405 e. The smallest absolute Gasteiger partial charge is 0.352 e. The maximum absolute atomic E-state index is 12.8. The lowest BCUT2D eigenvalue weighted by molar-refractivity contribution is -0.143. The molecule has 35 heavy (non-hydrogen) atoms. The summed E-state index contributed by atoms with van der Waals surface area (Å²) in [6.07, 6.45) is 3.68. The van der Waals surface area contributed by atoms with Crippen LogP contribution in [0.25, 0.3) is 22.2 Å². The van der Waals surface area contributed by atoms with E-state index in [4.69, 9.17) is 5.73 Å². The fourth-order valence-electron chi connectivity index (χ4n) is 3.93. The monoisotopic (exact) mass is 488 g/mol. The summed E-state index contributed by atoms with van der Waals surface area (Å²) in [5.41, 5.74) is 7.77. The predicted octanol–water partition coefficient (Wildman–Crippen LogP) is 3.14. The Kier molecular flexibility index (Phi) is 6.54. The van der Waals surface area contributed by atoms with Gasteiger partial charge in [-0.25, -0.2) is 4.98 Å². The van der Waals surface area contributed by atoms with Crippen molar-refractivity contribution in [2.75, 3.05) is 6.54 Å². The van der Waals surface area contributed by atoms with Crippen LogP contribution in [0, 0.1) is 11.8 Å². The van der Waals surface area contributed by atoms with Gasteiger partial charge in [0.1, 0.15) is 17.7 Å². The number of aromatic nitrogens is 3. The predicted molar refractivity (Wildman–Crippen MR) is 124 cm³/mol. The average Bonchev–Trinajstić information content (AvgIpc) is 3.59. The van der Waals surface area contributed by atoms with Crippen LogP contribution >= 0.6 is 0 Å². The van der Waals surface area contributed by atoms with Crippen molar-refractivity contribution in [3.8, 4) is 11.1 Å². The maximum atomic E-state index is 12.8. The fraction of sp³-hybridized carbons (Fsp3) is 0.417. The van der Waals surface area contributed by atoms with Crippen LogP contribution in [0.2, 0.25) is 0 Å². The van der Waals surface area contributed by atoms with Crippen molar-refractivity contribution >= 4 is 22.8 Å². The van der Waals surface area contributed by atoms with E-state index >= 15 is 0 Å². The Hall–Kier alpha value is -3.47. The Morgan fingerprint density at radius 3 is 2.57 bits per heavy atom. The third kappa shape index (κ3) is 5.29. The molecule has 0 bridgehead atoms. The van der Waals surface area contributed by atoms with Crippen molar-refractivity contribution in [3.05, 3.63) is 48.0 Å². The lowest BCUT2D eigenvalue weighted by Gasteiger charge is -2.32. The first-order chi connectivity index (χ1) is 16.5. The number of H-pyrrole nitrogens is 1. The molecule has 1 saturated carbocycles. The summed E-state index contributed by atoms with van der Waals surface area (Å²) < 4.78 is 38.0. The highest BCUT2D eigenvalue weighted by molar-refractivity contribution is 5.94. The number of nitrogens with zero attached hydrogens (tertiary/aromatic N) is 2. The van der Waals surface area contributed by atoms with Crippen molar-refractivity contribution < 1.29 is 22.8 Å². The molecule has 4 rings (SSSR count). The van der Waals surface area contributed by atoms with Crippen LogP contribution in [-0.4, -0.2) is 39.5 Å². The lowest BCUT2D eigenvalue weighted by atomic mass is 9.80. The summed E-state index contributed by atoms with van der Waals surface area (Å²) in [6.45, 7) is 2.20. The van der Waals surface area contributed by atoms with Gasteiger partial charge in [-0.3, -0.25) is 14.6 Å². The van der Waals surface area contributed by atoms with Gasteiger partial charge in [-0.05, 0) is 36.5 Å². The number of nitrogens with one attached hydrogen (secondary N) is 3. The summed E-state index contributed by atoms with van der Waals surface area (Å²) >= 11 is 0. The van der Waals surface area contributed by atoms with Crippen LogP contribution in [-0.2, 0) is 21.7 Å². The molecule has 11 heteroatoms. The number of carbonyl (C=O) groups excluding carboxylic acids is 2. The molecule has 1 aliphatic rings. The molecule has 1 fully saturated rings. The van der Waals surface area contributed by atoms with Crippen LogP contribution in [0.4, 0.5) is 13.2 Å². The summed E-state index contributed by atoms with van der Waals surface area (Å²) in [6, 6.07) is 3.56. The van der Waals surface area contributed by atoms with E-state index in [-0.39, 0.29) is 11.8 Å². The van der Waals surface area contributed by atoms with Gasteiger partial charge in [0, 0.05) is 59.3 Å². The molecule has 0 aromatic carbocycles. The number of hydrogen-bond acceptors (Lipinski definition) is 5. The van der Waals surface area contributed by atoms with E-state index in [2.05, 4.69) is 20.3 Å². The number of aromatic amines is 1. The standard InChI is InChI=1S/C24H27F3N6O2/c1-13(2)24(28,22(35)33-12-23(25,26)27)17-6-16(9-29-10-17)19-11-31-20-18(19)5-14(7-30-20)8-32-21(34)15-3-4-15/h5-7,9-11,13,15H,3-4,8,12,28H2,1-2H3,(H,30,31)(H,32,34)(H,33,35). The Morgan fingerprint density at radius 1 is 1.17 bits per heavy atom. The minimum absolute atomic E-state index is 0.0352.